The van der Waals surface area contributed by atoms with E-state index in [4.69, 9.17) is 4.42 Å². The van der Waals surface area contributed by atoms with Gasteiger partial charge in [0.2, 0.25) is 5.89 Å². The van der Waals surface area contributed by atoms with Crippen molar-refractivity contribution in [2.45, 2.75) is 44.7 Å². The van der Waals surface area contributed by atoms with E-state index in [9.17, 15) is 4.79 Å². The Kier molecular flexibility index (Phi) is 4.95. The molecule has 1 aliphatic rings. The summed E-state index contributed by atoms with van der Waals surface area (Å²) in [6.45, 7) is 0.308. The van der Waals surface area contributed by atoms with Gasteiger partial charge in [0, 0.05) is 18.7 Å². The van der Waals surface area contributed by atoms with E-state index in [1.54, 1.807) is 6.20 Å². The van der Waals surface area contributed by atoms with Crippen molar-refractivity contribution in [3.8, 4) is 11.3 Å². The molecule has 5 heteroatoms. The fraction of sp³-hybridized carbons (Fsp3) is 0.444. The van der Waals surface area contributed by atoms with Crippen LogP contribution >= 0.6 is 0 Å². The second kappa shape index (κ2) is 7.31. The highest BCUT2D eigenvalue weighted by atomic mass is 16.4. The quantitative estimate of drug-likeness (QED) is 0.933. The minimum absolute atomic E-state index is 0.0589. The zero-order chi connectivity index (χ0) is 16.1. The van der Waals surface area contributed by atoms with Crippen LogP contribution in [0.1, 0.15) is 38.0 Å². The van der Waals surface area contributed by atoms with Crippen molar-refractivity contribution in [1.82, 2.24) is 15.2 Å². The summed E-state index contributed by atoms with van der Waals surface area (Å²) >= 11 is 0. The zero-order valence-electron chi connectivity index (χ0n) is 13.5. The third-order valence-electron chi connectivity index (χ3n) is 4.45. The summed E-state index contributed by atoms with van der Waals surface area (Å²) in [5.74, 6) is 1.24. The van der Waals surface area contributed by atoms with E-state index in [1.807, 2.05) is 42.3 Å². The van der Waals surface area contributed by atoms with E-state index in [1.165, 1.54) is 19.3 Å². The first kappa shape index (κ1) is 15.6. The normalized spacial score (nSPS) is 15.3. The number of benzene rings is 1. The largest absolute Gasteiger partial charge is 0.439 e. The van der Waals surface area contributed by atoms with Crippen molar-refractivity contribution >= 4 is 6.03 Å². The Balaban J connectivity index is 1.54. The number of hydrogen-bond donors (Lipinski definition) is 1. The minimum atomic E-state index is -0.0589. The van der Waals surface area contributed by atoms with Gasteiger partial charge in [-0.1, -0.05) is 49.6 Å². The number of oxazole rings is 1. The van der Waals surface area contributed by atoms with Gasteiger partial charge in [-0.3, -0.25) is 0 Å². The number of rotatable bonds is 4. The predicted octanol–water partition coefficient (Wildman–Crippen LogP) is 3.82. The Morgan fingerprint density at radius 3 is 2.74 bits per heavy atom. The summed E-state index contributed by atoms with van der Waals surface area (Å²) in [4.78, 5) is 18.3. The highest BCUT2D eigenvalue weighted by Gasteiger charge is 2.22. The fourth-order valence-electron chi connectivity index (χ4n) is 3.04. The maximum atomic E-state index is 12.2. The van der Waals surface area contributed by atoms with Gasteiger partial charge in [-0.25, -0.2) is 9.78 Å². The first-order valence-electron chi connectivity index (χ1n) is 8.25. The molecule has 1 saturated carbocycles. The molecule has 5 nitrogen and oxygen atoms in total. The van der Waals surface area contributed by atoms with Crippen LogP contribution in [0.3, 0.4) is 0 Å². The van der Waals surface area contributed by atoms with Gasteiger partial charge in [0.15, 0.2) is 5.76 Å². The van der Waals surface area contributed by atoms with Crippen LogP contribution in [-0.2, 0) is 6.54 Å². The van der Waals surface area contributed by atoms with Gasteiger partial charge in [0.1, 0.15) is 0 Å². The monoisotopic (exact) mass is 313 g/mol. The molecule has 0 atom stereocenters. The van der Waals surface area contributed by atoms with Crippen LogP contribution in [0.15, 0.2) is 40.9 Å². The van der Waals surface area contributed by atoms with E-state index in [0.29, 0.717) is 18.5 Å². The lowest BCUT2D eigenvalue weighted by Crippen LogP contribution is -2.44. The van der Waals surface area contributed by atoms with Crippen molar-refractivity contribution in [3.05, 3.63) is 42.4 Å². The molecule has 0 radical (unpaired) electrons. The number of hydrogen-bond acceptors (Lipinski definition) is 3. The molecule has 2 amide bonds. The molecule has 2 aromatic rings. The number of carbonyl (C=O) groups excluding carboxylic acids is 1. The van der Waals surface area contributed by atoms with Crippen LogP contribution in [0.25, 0.3) is 11.3 Å². The van der Waals surface area contributed by atoms with Crippen molar-refractivity contribution in [2.75, 3.05) is 7.05 Å². The molecular formula is C18H23N3O2. The van der Waals surface area contributed by atoms with E-state index >= 15 is 0 Å². The molecule has 3 rings (SSSR count). The Bertz CT molecular complexity index is 633. The maximum Gasteiger partial charge on any atom is 0.317 e. The van der Waals surface area contributed by atoms with E-state index < -0.39 is 0 Å². The second-order valence-electron chi connectivity index (χ2n) is 6.05. The number of nitrogens with zero attached hydrogens (tertiary/aromatic N) is 2. The molecule has 1 fully saturated rings. The van der Waals surface area contributed by atoms with E-state index in [2.05, 4.69) is 10.3 Å². The Labute approximate surface area is 136 Å². The molecule has 122 valence electrons. The van der Waals surface area contributed by atoms with Gasteiger partial charge in [-0.05, 0) is 12.8 Å². The summed E-state index contributed by atoms with van der Waals surface area (Å²) in [7, 11) is 1.87. The lowest BCUT2D eigenvalue weighted by molar-refractivity contribution is 0.172. The van der Waals surface area contributed by atoms with Crippen LogP contribution in [0.5, 0.6) is 0 Å². The fourth-order valence-corrected chi connectivity index (χ4v) is 3.04. The average Bonchev–Trinajstić information content (AvgIpc) is 3.09. The smallest absolute Gasteiger partial charge is 0.317 e. The summed E-state index contributed by atoms with van der Waals surface area (Å²) < 4.78 is 5.70. The van der Waals surface area contributed by atoms with Crippen LogP contribution in [-0.4, -0.2) is 29.0 Å². The molecule has 1 N–H and O–H groups in total. The highest BCUT2D eigenvalue weighted by Crippen LogP contribution is 2.22. The van der Waals surface area contributed by atoms with Crippen molar-refractivity contribution < 1.29 is 9.21 Å². The van der Waals surface area contributed by atoms with E-state index in [0.717, 1.165) is 24.2 Å². The standard InChI is InChI=1S/C18H23N3O2/c1-21(15-10-6-3-7-11-15)18(22)20-13-17-19-12-16(23-17)14-8-4-2-5-9-14/h2,4-5,8-9,12,15H,3,6-7,10-11,13H2,1H3,(H,20,22). The lowest BCUT2D eigenvalue weighted by Gasteiger charge is -2.31. The number of amides is 2. The predicted molar refractivity (Wildman–Crippen MR) is 88.8 cm³/mol. The van der Waals surface area contributed by atoms with Crippen molar-refractivity contribution in [1.29, 1.82) is 0 Å². The number of carbonyl (C=O) groups is 1. The van der Waals surface area contributed by atoms with E-state index in [-0.39, 0.29) is 6.03 Å². The number of nitrogens with one attached hydrogen (secondary N) is 1. The van der Waals surface area contributed by atoms with Gasteiger partial charge < -0.3 is 14.6 Å². The van der Waals surface area contributed by atoms with Crippen LogP contribution in [0.4, 0.5) is 4.79 Å². The van der Waals surface area contributed by atoms with Gasteiger partial charge >= 0.3 is 6.03 Å². The molecule has 1 aromatic heterocycles. The lowest BCUT2D eigenvalue weighted by atomic mass is 9.95. The van der Waals surface area contributed by atoms with Gasteiger partial charge in [0.25, 0.3) is 0 Å². The molecule has 23 heavy (non-hydrogen) atoms. The molecule has 0 bridgehead atoms. The Morgan fingerprint density at radius 1 is 1.26 bits per heavy atom. The Hall–Kier alpha value is -2.30. The van der Waals surface area contributed by atoms with Crippen LogP contribution in [0.2, 0.25) is 0 Å². The molecule has 0 unspecified atom stereocenters. The molecule has 1 heterocycles. The topological polar surface area (TPSA) is 58.4 Å². The Morgan fingerprint density at radius 2 is 2.00 bits per heavy atom. The first-order chi connectivity index (χ1) is 11.2. The summed E-state index contributed by atoms with van der Waals surface area (Å²) in [5, 5.41) is 2.89. The summed E-state index contributed by atoms with van der Waals surface area (Å²) in [6.07, 6.45) is 7.60. The zero-order valence-corrected chi connectivity index (χ0v) is 13.5. The second-order valence-corrected chi connectivity index (χ2v) is 6.05. The molecule has 0 saturated heterocycles. The molecule has 0 spiro atoms. The maximum absolute atomic E-state index is 12.2. The van der Waals surface area contributed by atoms with Crippen molar-refractivity contribution in [2.24, 2.45) is 0 Å². The van der Waals surface area contributed by atoms with Gasteiger partial charge in [-0.15, -0.1) is 0 Å². The highest BCUT2D eigenvalue weighted by molar-refractivity contribution is 5.74. The third-order valence-corrected chi connectivity index (χ3v) is 4.45. The number of urea groups is 1. The molecule has 1 aromatic carbocycles. The summed E-state index contributed by atoms with van der Waals surface area (Å²) in [6, 6.07) is 10.1. The first-order valence-corrected chi connectivity index (χ1v) is 8.25. The number of aromatic nitrogens is 1. The van der Waals surface area contributed by atoms with Gasteiger partial charge in [0.05, 0.1) is 12.7 Å². The van der Waals surface area contributed by atoms with Crippen LogP contribution in [0, 0.1) is 0 Å². The molecule has 1 aliphatic carbocycles. The SMILES string of the molecule is CN(C(=O)NCc1ncc(-c2ccccc2)o1)C1CCCCC1. The van der Waals surface area contributed by atoms with Crippen LogP contribution < -0.4 is 5.32 Å². The summed E-state index contributed by atoms with van der Waals surface area (Å²) in [5.41, 5.74) is 0.983. The average molecular weight is 313 g/mol. The van der Waals surface area contributed by atoms with Crippen molar-refractivity contribution in [3.63, 3.8) is 0 Å². The minimum Gasteiger partial charge on any atom is -0.439 e. The van der Waals surface area contributed by atoms with Gasteiger partial charge in [-0.2, -0.15) is 0 Å². The third kappa shape index (κ3) is 3.92. The molecule has 0 aliphatic heterocycles. The molecular weight excluding hydrogens is 290 g/mol.